The average Bonchev–Trinajstić information content (AvgIpc) is 3.39. The first-order chi connectivity index (χ1) is 21.9. The first-order valence-electron chi connectivity index (χ1n) is 16.7. The number of halogens is 1. The van der Waals surface area contributed by atoms with Crippen molar-refractivity contribution in [2.24, 2.45) is 17.8 Å². The van der Waals surface area contributed by atoms with E-state index >= 15 is 4.39 Å². The quantitative estimate of drug-likeness (QED) is 0.0710. The average molecular weight is 816 g/mol. The van der Waals surface area contributed by atoms with Gasteiger partial charge in [-0.25, -0.2) is 0 Å². The first-order valence-corrected chi connectivity index (χ1v) is 16.7. The molecule has 0 aliphatic rings. The summed E-state index contributed by atoms with van der Waals surface area (Å²) in [6.07, 6.45) is 8.62. The molecular formula is C41H50FIrNO3-2. The molecule has 1 heterocycles. The van der Waals surface area contributed by atoms with Gasteiger partial charge in [-0.1, -0.05) is 103 Å². The van der Waals surface area contributed by atoms with Crippen LogP contribution < -0.4 is 10.4 Å². The number of benzene rings is 3. The second-order valence-corrected chi connectivity index (χ2v) is 12.7. The summed E-state index contributed by atoms with van der Waals surface area (Å²) in [6.45, 7) is 18.2. The number of hydrogen-bond donors (Lipinski definition) is 1. The van der Waals surface area contributed by atoms with Gasteiger partial charge in [0.2, 0.25) is 0 Å². The SMILES string of the molecule is C/C(c1[c-]c(C)c(F)c2c1oc1cc(C)ccc12)=c1/ccc(CC(C)C)c/c1=C/C=[N-].CCC(CC)C(=O)/C=C(\O)C(CC)CC.[Ir]. The number of nitrogens with zero attached hydrogens (tertiary/aromatic N) is 1. The van der Waals surface area contributed by atoms with Crippen LogP contribution in [0, 0.1) is 43.5 Å². The second kappa shape index (κ2) is 18.3. The second-order valence-electron chi connectivity index (χ2n) is 12.7. The van der Waals surface area contributed by atoms with Gasteiger partial charge in [0.05, 0.1) is 17.2 Å². The Morgan fingerprint density at radius 2 is 1.64 bits per heavy atom. The largest absolute Gasteiger partial charge is 0.811 e. The van der Waals surface area contributed by atoms with E-state index in [1.54, 1.807) is 13.0 Å². The van der Waals surface area contributed by atoms with Crippen LogP contribution in [0.1, 0.15) is 96.4 Å². The molecule has 0 atom stereocenters. The standard InChI is InChI=1S/C28H26FNO.C13H24O2.Ir/c1-16(2)12-20-7-9-22(21(15-20)10-11-30)19(5)24-14-18(4)27(29)26-23-8-6-17(3)13-25(23)31-28(24)26;1-5-10(6-2)12(14)9-13(15)11(7-3)8-4;/h6-11,13,15-16H,12H2,1-5H3;9-11,14H,5-8H2,1-4H3;/q-2;;/b21-10-,22-19+;12-9-;. The molecule has 0 saturated carbocycles. The number of carbonyl (C=O) groups excluding carboxylic acids is 1. The third-order valence-electron chi connectivity index (χ3n) is 8.81. The van der Waals surface area contributed by atoms with Crippen LogP contribution in [0.4, 0.5) is 4.39 Å². The number of ketones is 1. The van der Waals surface area contributed by atoms with E-state index in [1.807, 2.05) is 59.7 Å². The van der Waals surface area contributed by atoms with Crippen LogP contribution >= 0.6 is 0 Å². The summed E-state index contributed by atoms with van der Waals surface area (Å²) < 4.78 is 21.3. The minimum absolute atomic E-state index is 0. The predicted molar refractivity (Wildman–Crippen MR) is 192 cm³/mol. The number of allylic oxidation sites excluding steroid dienone is 2. The van der Waals surface area contributed by atoms with Gasteiger partial charge in [-0.05, 0) is 72.7 Å². The molecule has 4 aromatic rings. The van der Waals surface area contributed by atoms with Crippen molar-refractivity contribution in [2.75, 3.05) is 0 Å². The zero-order chi connectivity index (χ0) is 34.1. The van der Waals surface area contributed by atoms with Gasteiger partial charge in [0.15, 0.2) is 5.78 Å². The molecule has 0 amide bonds. The smallest absolute Gasteiger partial charge is 0.162 e. The van der Waals surface area contributed by atoms with Gasteiger partial charge in [-0.15, -0.1) is 17.2 Å². The Kier molecular flexibility index (Phi) is 15.5. The van der Waals surface area contributed by atoms with E-state index in [9.17, 15) is 15.3 Å². The minimum Gasteiger partial charge on any atom is -0.811 e. The number of furan rings is 1. The van der Waals surface area contributed by atoms with Crippen molar-refractivity contribution in [1.29, 1.82) is 0 Å². The van der Waals surface area contributed by atoms with E-state index in [2.05, 4.69) is 38.1 Å². The normalized spacial score (nSPS) is 12.9. The van der Waals surface area contributed by atoms with Crippen molar-refractivity contribution in [2.45, 2.75) is 94.4 Å². The van der Waals surface area contributed by atoms with Gasteiger partial charge >= 0.3 is 0 Å². The molecular weight excluding hydrogens is 766 g/mol. The van der Waals surface area contributed by atoms with Crippen molar-refractivity contribution in [3.8, 4) is 0 Å². The minimum atomic E-state index is -0.295. The topological polar surface area (TPSA) is 72.7 Å². The summed E-state index contributed by atoms with van der Waals surface area (Å²) in [6, 6.07) is 15.3. The number of aliphatic hydroxyl groups excluding tert-OH is 1. The molecule has 0 saturated heterocycles. The first kappa shape index (κ1) is 39.8. The zero-order valence-electron chi connectivity index (χ0n) is 29.4. The molecule has 4 nitrogen and oxygen atoms in total. The van der Waals surface area contributed by atoms with Crippen LogP contribution in [0.2, 0.25) is 0 Å². The summed E-state index contributed by atoms with van der Waals surface area (Å²) in [4.78, 5) is 11.7. The summed E-state index contributed by atoms with van der Waals surface area (Å²) in [5, 5.41) is 22.4. The van der Waals surface area contributed by atoms with Crippen LogP contribution in [-0.2, 0) is 31.3 Å². The van der Waals surface area contributed by atoms with E-state index in [-0.39, 0.29) is 49.3 Å². The van der Waals surface area contributed by atoms with E-state index < -0.39 is 0 Å². The maximum atomic E-state index is 15.1. The maximum Gasteiger partial charge on any atom is 0.162 e. The van der Waals surface area contributed by atoms with E-state index in [0.29, 0.717) is 28.0 Å². The molecule has 0 aliphatic carbocycles. The number of aryl methyl sites for hydroxylation is 2. The molecule has 0 aliphatic heterocycles. The molecule has 47 heavy (non-hydrogen) atoms. The fourth-order valence-electron chi connectivity index (χ4n) is 6.03. The molecule has 1 N–H and O–H groups in total. The number of carbonyl (C=O) groups is 1. The molecule has 0 spiro atoms. The fraction of sp³-hybridized carbons (Fsp3) is 0.415. The molecule has 3 aromatic carbocycles. The van der Waals surface area contributed by atoms with Crippen molar-refractivity contribution >= 4 is 45.6 Å². The molecule has 4 rings (SSSR count). The zero-order valence-corrected chi connectivity index (χ0v) is 31.8. The van der Waals surface area contributed by atoms with Gasteiger partial charge < -0.3 is 14.9 Å². The van der Waals surface area contributed by atoms with Crippen molar-refractivity contribution < 1.29 is 38.8 Å². The third kappa shape index (κ3) is 9.61. The molecule has 255 valence electrons. The maximum absolute atomic E-state index is 15.1. The Labute approximate surface area is 293 Å². The van der Waals surface area contributed by atoms with Crippen LogP contribution in [-0.4, -0.2) is 17.1 Å². The fourth-order valence-corrected chi connectivity index (χ4v) is 6.03. The molecule has 0 bridgehead atoms. The number of hydrogen-bond acceptors (Lipinski definition) is 3. The third-order valence-corrected chi connectivity index (χ3v) is 8.81. The van der Waals surface area contributed by atoms with Gasteiger partial charge in [-0.2, -0.15) is 6.21 Å². The molecule has 0 unspecified atom stereocenters. The molecule has 1 radical (unpaired) electrons. The monoisotopic (exact) mass is 816 g/mol. The Morgan fingerprint density at radius 1 is 1.00 bits per heavy atom. The van der Waals surface area contributed by atoms with E-state index in [1.165, 1.54) is 11.6 Å². The van der Waals surface area contributed by atoms with Crippen LogP contribution in [0.25, 0.3) is 39.0 Å². The molecule has 6 heteroatoms. The van der Waals surface area contributed by atoms with Gasteiger partial charge in [-0.3, -0.25) is 9.18 Å². The summed E-state index contributed by atoms with van der Waals surface area (Å²) in [7, 11) is 0. The Morgan fingerprint density at radius 3 is 2.21 bits per heavy atom. The van der Waals surface area contributed by atoms with Crippen molar-refractivity contribution in [3.63, 3.8) is 0 Å². The number of fused-ring (bicyclic) bond motifs is 3. The Hall–Kier alpha value is -3.34. The summed E-state index contributed by atoms with van der Waals surface area (Å²) in [5.41, 5.74) is 5.58. The van der Waals surface area contributed by atoms with E-state index in [0.717, 1.165) is 70.8 Å². The van der Waals surface area contributed by atoms with Gasteiger partial charge in [0.25, 0.3) is 0 Å². The van der Waals surface area contributed by atoms with Crippen LogP contribution in [0.3, 0.4) is 0 Å². The molecule has 1 aromatic heterocycles. The van der Waals surface area contributed by atoms with Crippen molar-refractivity contribution in [1.82, 2.24) is 0 Å². The van der Waals surface area contributed by atoms with Crippen molar-refractivity contribution in [3.05, 3.63) is 98.2 Å². The summed E-state index contributed by atoms with van der Waals surface area (Å²) in [5.74, 6) is 0.789. The van der Waals surface area contributed by atoms with Gasteiger partial charge in [0.1, 0.15) is 5.58 Å². The summed E-state index contributed by atoms with van der Waals surface area (Å²) >= 11 is 0. The van der Waals surface area contributed by atoms with Crippen LogP contribution in [0.15, 0.2) is 52.7 Å². The number of rotatable bonds is 11. The Bertz CT molecular complexity index is 1840. The molecule has 0 fully saturated rings. The van der Waals surface area contributed by atoms with Crippen LogP contribution in [0.5, 0.6) is 0 Å². The van der Waals surface area contributed by atoms with E-state index in [4.69, 9.17) is 4.42 Å². The van der Waals surface area contributed by atoms with Gasteiger partial charge in [0, 0.05) is 43.4 Å². The predicted octanol–water partition coefficient (Wildman–Crippen LogP) is 9.85. The number of aliphatic hydroxyl groups is 1. The Balaban J connectivity index is 0.000000410.